The van der Waals surface area contributed by atoms with Gasteiger partial charge in [0.2, 0.25) is 0 Å². The van der Waals surface area contributed by atoms with Gasteiger partial charge in [0.15, 0.2) is 0 Å². The van der Waals surface area contributed by atoms with E-state index >= 15 is 0 Å². The number of benzene rings is 2. The molecule has 2 rings (SSSR count). The van der Waals surface area contributed by atoms with Crippen molar-refractivity contribution < 1.29 is 9.59 Å². The van der Waals surface area contributed by atoms with Gasteiger partial charge < -0.3 is 10.6 Å². The molecule has 0 aliphatic carbocycles. The van der Waals surface area contributed by atoms with E-state index in [1.807, 2.05) is 0 Å². The van der Waals surface area contributed by atoms with Gasteiger partial charge in [0.25, 0.3) is 15.6 Å². The molecule has 2 aromatic rings. The first-order valence-electron chi connectivity index (χ1n) is 6.41. The predicted molar refractivity (Wildman–Crippen MR) is 99.8 cm³/mol. The summed E-state index contributed by atoms with van der Waals surface area (Å²) in [5.41, 5.74) is 1.20. The number of anilines is 2. The zero-order valence-corrected chi connectivity index (χ0v) is 15.5. The molecule has 0 spiro atoms. The van der Waals surface area contributed by atoms with Crippen LogP contribution in [0, 0.1) is 0 Å². The van der Waals surface area contributed by atoms with E-state index < -0.39 is 15.6 Å². The molecule has 0 heterocycles. The van der Waals surface area contributed by atoms with Gasteiger partial charge in [-0.15, -0.1) is 0 Å². The molecular formula is C15H9Cl5N2O2. The summed E-state index contributed by atoms with van der Waals surface area (Å²) in [4.78, 5) is 23.7. The summed E-state index contributed by atoms with van der Waals surface area (Å²) >= 11 is 28.2. The molecule has 0 aromatic heterocycles. The number of hydrogen-bond donors (Lipinski definition) is 2. The average molecular weight is 427 g/mol. The molecule has 0 bridgehead atoms. The molecule has 0 saturated carbocycles. The second-order valence-corrected chi connectivity index (χ2v) is 7.73. The topological polar surface area (TPSA) is 58.2 Å². The first-order chi connectivity index (χ1) is 11.2. The highest BCUT2D eigenvalue weighted by atomic mass is 35.6. The van der Waals surface area contributed by atoms with Gasteiger partial charge in [0.1, 0.15) is 0 Å². The molecule has 126 valence electrons. The molecule has 0 radical (unpaired) electrons. The maximum Gasteiger partial charge on any atom is 0.276 e. The highest BCUT2D eigenvalue weighted by molar-refractivity contribution is 6.76. The Kier molecular flexibility index (Phi) is 6.23. The SMILES string of the molecule is O=C(Nc1ccc(NC(=O)C(Cl)(Cl)Cl)cc1)c1ccc(Cl)cc1Cl. The van der Waals surface area contributed by atoms with Gasteiger partial charge in [-0.2, -0.15) is 0 Å². The van der Waals surface area contributed by atoms with Gasteiger partial charge in [-0.3, -0.25) is 9.59 Å². The second kappa shape index (κ2) is 7.81. The van der Waals surface area contributed by atoms with Crippen LogP contribution in [0.3, 0.4) is 0 Å². The number of nitrogens with one attached hydrogen (secondary N) is 2. The third-order valence-corrected chi connectivity index (χ3v) is 3.90. The van der Waals surface area contributed by atoms with E-state index in [0.717, 1.165) is 0 Å². The normalized spacial score (nSPS) is 11.0. The number of alkyl halides is 3. The molecule has 2 N–H and O–H groups in total. The molecule has 0 saturated heterocycles. The standard InChI is InChI=1S/C15H9Cl5N2O2/c16-8-1-6-11(12(17)7-8)13(23)21-9-2-4-10(5-3-9)22-14(24)15(18,19)20/h1-7H,(H,21,23)(H,22,24). The lowest BCUT2D eigenvalue weighted by atomic mass is 10.2. The Balaban J connectivity index is 2.06. The van der Waals surface area contributed by atoms with Crippen molar-refractivity contribution in [1.82, 2.24) is 0 Å². The second-order valence-electron chi connectivity index (χ2n) is 4.61. The van der Waals surface area contributed by atoms with Crippen LogP contribution in [0.25, 0.3) is 0 Å². The van der Waals surface area contributed by atoms with Crippen molar-refractivity contribution in [1.29, 1.82) is 0 Å². The molecule has 0 fully saturated rings. The van der Waals surface area contributed by atoms with Gasteiger partial charge >= 0.3 is 0 Å². The highest BCUT2D eigenvalue weighted by Gasteiger charge is 2.30. The lowest BCUT2D eigenvalue weighted by molar-refractivity contribution is -0.115. The lowest BCUT2D eigenvalue weighted by Crippen LogP contribution is -2.26. The number of amides is 2. The van der Waals surface area contributed by atoms with E-state index in [2.05, 4.69) is 10.6 Å². The van der Waals surface area contributed by atoms with Gasteiger partial charge in [-0.1, -0.05) is 58.0 Å². The van der Waals surface area contributed by atoms with Crippen molar-refractivity contribution in [2.75, 3.05) is 10.6 Å². The Bertz CT molecular complexity index is 772. The molecule has 0 aliphatic heterocycles. The van der Waals surface area contributed by atoms with Crippen LogP contribution in [0.4, 0.5) is 11.4 Å². The smallest absolute Gasteiger partial charge is 0.276 e. The fraction of sp³-hybridized carbons (Fsp3) is 0.0667. The summed E-state index contributed by atoms with van der Waals surface area (Å²) in [6.45, 7) is 0. The van der Waals surface area contributed by atoms with E-state index in [1.54, 1.807) is 30.3 Å². The van der Waals surface area contributed by atoms with Gasteiger partial charge in [0.05, 0.1) is 10.6 Å². The van der Waals surface area contributed by atoms with Crippen LogP contribution in [0.2, 0.25) is 10.0 Å². The lowest BCUT2D eigenvalue weighted by Gasteiger charge is -2.12. The molecule has 2 amide bonds. The summed E-state index contributed by atoms with van der Waals surface area (Å²) in [6, 6.07) is 10.8. The van der Waals surface area contributed by atoms with Crippen LogP contribution < -0.4 is 10.6 Å². The van der Waals surface area contributed by atoms with Crippen molar-refractivity contribution in [2.45, 2.75) is 3.79 Å². The predicted octanol–water partition coefficient (Wildman–Crippen LogP) is 5.55. The largest absolute Gasteiger partial charge is 0.322 e. The van der Waals surface area contributed by atoms with E-state index in [-0.39, 0.29) is 10.6 Å². The first-order valence-corrected chi connectivity index (χ1v) is 8.30. The van der Waals surface area contributed by atoms with Crippen LogP contribution in [-0.4, -0.2) is 15.6 Å². The van der Waals surface area contributed by atoms with E-state index in [0.29, 0.717) is 16.4 Å². The molecule has 0 unspecified atom stereocenters. The van der Waals surface area contributed by atoms with Gasteiger partial charge in [-0.25, -0.2) is 0 Å². The Morgan fingerprint density at radius 1 is 0.833 bits per heavy atom. The molecule has 0 aliphatic rings. The van der Waals surface area contributed by atoms with Crippen LogP contribution in [-0.2, 0) is 4.79 Å². The maximum atomic E-state index is 12.2. The summed E-state index contributed by atoms with van der Waals surface area (Å²) in [6.07, 6.45) is 0. The zero-order valence-electron chi connectivity index (χ0n) is 11.7. The Hall–Kier alpha value is -1.17. The average Bonchev–Trinajstić information content (AvgIpc) is 2.48. The third kappa shape index (κ3) is 5.16. The Morgan fingerprint density at radius 2 is 1.38 bits per heavy atom. The van der Waals surface area contributed by atoms with Crippen LogP contribution in [0.5, 0.6) is 0 Å². The summed E-state index contributed by atoms with van der Waals surface area (Å²) < 4.78 is -2.06. The van der Waals surface area contributed by atoms with Crippen LogP contribution in [0.1, 0.15) is 10.4 Å². The zero-order chi connectivity index (χ0) is 17.9. The third-order valence-electron chi connectivity index (χ3n) is 2.83. The fourth-order valence-electron chi connectivity index (χ4n) is 1.71. The van der Waals surface area contributed by atoms with E-state index in [4.69, 9.17) is 58.0 Å². The first kappa shape index (κ1) is 19.2. The minimum Gasteiger partial charge on any atom is -0.322 e. The number of rotatable bonds is 3. The van der Waals surface area contributed by atoms with Crippen LogP contribution >= 0.6 is 58.0 Å². The van der Waals surface area contributed by atoms with Crippen molar-refractivity contribution in [3.63, 3.8) is 0 Å². The fourth-order valence-corrected chi connectivity index (χ4v) is 2.35. The van der Waals surface area contributed by atoms with Crippen molar-refractivity contribution >= 4 is 81.2 Å². The summed E-state index contributed by atoms with van der Waals surface area (Å²) in [5, 5.41) is 5.78. The molecule has 0 atom stereocenters. The quantitative estimate of drug-likeness (QED) is 0.632. The van der Waals surface area contributed by atoms with Crippen molar-refractivity contribution in [3.05, 3.63) is 58.1 Å². The number of hydrogen-bond acceptors (Lipinski definition) is 2. The van der Waals surface area contributed by atoms with Gasteiger partial charge in [-0.05, 0) is 42.5 Å². The highest BCUT2D eigenvalue weighted by Crippen LogP contribution is 2.28. The van der Waals surface area contributed by atoms with Crippen molar-refractivity contribution in [3.8, 4) is 0 Å². The number of halogens is 5. The number of carbonyl (C=O) groups excluding carboxylic acids is 2. The maximum absolute atomic E-state index is 12.2. The monoisotopic (exact) mass is 424 g/mol. The van der Waals surface area contributed by atoms with Crippen LogP contribution in [0.15, 0.2) is 42.5 Å². The summed E-state index contributed by atoms with van der Waals surface area (Å²) in [7, 11) is 0. The molecular weight excluding hydrogens is 417 g/mol. The number of carbonyl (C=O) groups is 2. The Morgan fingerprint density at radius 3 is 1.88 bits per heavy atom. The molecule has 9 heteroatoms. The van der Waals surface area contributed by atoms with E-state index in [1.165, 1.54) is 12.1 Å². The summed E-state index contributed by atoms with van der Waals surface area (Å²) in [5.74, 6) is -1.17. The molecule has 2 aromatic carbocycles. The van der Waals surface area contributed by atoms with E-state index in [9.17, 15) is 9.59 Å². The molecule has 24 heavy (non-hydrogen) atoms. The van der Waals surface area contributed by atoms with Crippen molar-refractivity contribution in [2.24, 2.45) is 0 Å². The minimum atomic E-state index is -2.06. The molecule has 4 nitrogen and oxygen atoms in total. The Labute approximate surface area is 163 Å². The minimum absolute atomic E-state index is 0.242. The van der Waals surface area contributed by atoms with Gasteiger partial charge in [0, 0.05) is 16.4 Å².